The first-order valence-corrected chi connectivity index (χ1v) is 6.97. The highest BCUT2D eigenvalue weighted by Crippen LogP contribution is 2.30. The van der Waals surface area contributed by atoms with E-state index in [1.54, 1.807) is 6.92 Å². The number of piperidine rings is 1. The normalized spacial score (nSPS) is 24.5. The van der Waals surface area contributed by atoms with E-state index in [0.29, 0.717) is 32.9 Å². The highest BCUT2D eigenvalue weighted by molar-refractivity contribution is 5.69. The minimum Gasteiger partial charge on any atom is -0.466 e. The Bertz CT molecular complexity index is 303. The van der Waals surface area contributed by atoms with Crippen molar-refractivity contribution in [3.8, 4) is 0 Å². The maximum atomic E-state index is 11.3. The van der Waals surface area contributed by atoms with Gasteiger partial charge in [-0.3, -0.25) is 9.69 Å². The van der Waals surface area contributed by atoms with Gasteiger partial charge in [0.05, 0.1) is 38.9 Å². The minimum atomic E-state index is -0.699. The van der Waals surface area contributed by atoms with Crippen LogP contribution in [0.15, 0.2) is 0 Å². The Hall–Kier alpha value is -0.690. The lowest BCUT2D eigenvalue weighted by atomic mass is 10.0. The summed E-state index contributed by atoms with van der Waals surface area (Å²) in [6, 6.07) is 0. The van der Waals surface area contributed by atoms with Crippen LogP contribution in [0.1, 0.15) is 26.2 Å². The summed E-state index contributed by atoms with van der Waals surface area (Å²) in [5.74, 6) is -0.836. The van der Waals surface area contributed by atoms with Crippen molar-refractivity contribution in [1.82, 2.24) is 4.90 Å². The molecule has 0 saturated carbocycles. The van der Waals surface area contributed by atoms with Gasteiger partial charge in [0, 0.05) is 13.0 Å². The van der Waals surface area contributed by atoms with Crippen molar-refractivity contribution >= 4 is 5.97 Å². The Morgan fingerprint density at radius 1 is 1.47 bits per heavy atom. The highest BCUT2D eigenvalue weighted by Gasteiger charge is 2.40. The van der Waals surface area contributed by atoms with Crippen molar-refractivity contribution in [2.24, 2.45) is 0 Å². The molecule has 2 aliphatic heterocycles. The second kappa shape index (κ2) is 6.65. The van der Waals surface area contributed by atoms with Gasteiger partial charge < -0.3 is 19.3 Å². The van der Waals surface area contributed by atoms with Crippen molar-refractivity contribution in [2.45, 2.75) is 38.1 Å². The SMILES string of the molecule is CCOC(=O)CC(O)CN1CCCC2(C1)OCCO2. The summed E-state index contributed by atoms with van der Waals surface area (Å²) in [5, 5.41) is 9.91. The van der Waals surface area contributed by atoms with E-state index in [1.165, 1.54) is 0 Å². The van der Waals surface area contributed by atoms with Gasteiger partial charge in [-0.25, -0.2) is 0 Å². The predicted molar refractivity (Wildman–Crippen MR) is 67.6 cm³/mol. The van der Waals surface area contributed by atoms with Crippen molar-refractivity contribution in [1.29, 1.82) is 0 Å². The highest BCUT2D eigenvalue weighted by atomic mass is 16.7. The van der Waals surface area contributed by atoms with E-state index < -0.39 is 11.9 Å². The smallest absolute Gasteiger partial charge is 0.308 e. The first kappa shape index (κ1) is 14.7. The maximum absolute atomic E-state index is 11.3. The quantitative estimate of drug-likeness (QED) is 0.719. The molecule has 1 N–H and O–H groups in total. The molecular formula is C13H23NO5. The van der Waals surface area contributed by atoms with Gasteiger partial charge in [-0.15, -0.1) is 0 Å². The maximum Gasteiger partial charge on any atom is 0.308 e. The van der Waals surface area contributed by atoms with Crippen molar-refractivity contribution in [2.75, 3.05) is 39.5 Å². The van der Waals surface area contributed by atoms with Crippen LogP contribution in [-0.4, -0.2) is 67.3 Å². The van der Waals surface area contributed by atoms with E-state index >= 15 is 0 Å². The lowest BCUT2D eigenvalue weighted by Crippen LogP contribution is -2.50. The number of aliphatic hydroxyl groups is 1. The van der Waals surface area contributed by atoms with Crippen LogP contribution in [-0.2, 0) is 19.0 Å². The van der Waals surface area contributed by atoms with Gasteiger partial charge in [-0.05, 0) is 19.9 Å². The van der Waals surface area contributed by atoms with E-state index in [0.717, 1.165) is 19.4 Å². The third-order valence-corrected chi connectivity index (χ3v) is 3.49. The first-order chi connectivity index (χ1) is 9.13. The van der Waals surface area contributed by atoms with Crippen LogP contribution in [0.3, 0.4) is 0 Å². The van der Waals surface area contributed by atoms with E-state index in [1.807, 2.05) is 0 Å². The number of hydrogen-bond acceptors (Lipinski definition) is 6. The first-order valence-electron chi connectivity index (χ1n) is 6.97. The number of likely N-dealkylation sites (tertiary alicyclic amines) is 1. The van der Waals surface area contributed by atoms with Crippen LogP contribution in [0.4, 0.5) is 0 Å². The van der Waals surface area contributed by atoms with Gasteiger partial charge in [0.15, 0.2) is 5.79 Å². The monoisotopic (exact) mass is 273 g/mol. The molecule has 1 spiro atoms. The second-order valence-electron chi connectivity index (χ2n) is 5.11. The van der Waals surface area contributed by atoms with Crippen LogP contribution in [0.25, 0.3) is 0 Å². The van der Waals surface area contributed by atoms with Gasteiger partial charge in [-0.1, -0.05) is 0 Å². The lowest BCUT2D eigenvalue weighted by Gasteiger charge is -2.39. The molecule has 0 bridgehead atoms. The molecule has 19 heavy (non-hydrogen) atoms. The number of β-amino-alcohol motifs (C(OH)–C–C–N with tert-alkyl or cyclic N) is 1. The molecule has 0 radical (unpaired) electrons. The van der Waals surface area contributed by atoms with E-state index in [4.69, 9.17) is 14.2 Å². The zero-order valence-electron chi connectivity index (χ0n) is 11.5. The Labute approximate surface area is 113 Å². The molecule has 0 aliphatic carbocycles. The third kappa shape index (κ3) is 4.14. The van der Waals surface area contributed by atoms with Gasteiger partial charge in [0.25, 0.3) is 0 Å². The zero-order valence-corrected chi connectivity index (χ0v) is 11.5. The topological polar surface area (TPSA) is 68.2 Å². The number of carbonyl (C=O) groups excluding carboxylic acids is 1. The van der Waals surface area contributed by atoms with Gasteiger partial charge in [0.2, 0.25) is 0 Å². The molecule has 6 heteroatoms. The van der Waals surface area contributed by atoms with Crippen molar-refractivity contribution in [3.05, 3.63) is 0 Å². The van der Waals surface area contributed by atoms with Gasteiger partial charge >= 0.3 is 5.97 Å². The summed E-state index contributed by atoms with van der Waals surface area (Å²) in [5.41, 5.74) is 0. The largest absolute Gasteiger partial charge is 0.466 e. The van der Waals surface area contributed by atoms with Crippen LogP contribution in [0, 0.1) is 0 Å². The molecule has 0 aromatic heterocycles. The summed E-state index contributed by atoms with van der Waals surface area (Å²) in [7, 11) is 0. The van der Waals surface area contributed by atoms with E-state index in [9.17, 15) is 9.90 Å². The third-order valence-electron chi connectivity index (χ3n) is 3.49. The minimum absolute atomic E-state index is 0.0407. The number of carbonyl (C=O) groups is 1. The van der Waals surface area contributed by atoms with Crippen LogP contribution < -0.4 is 0 Å². The molecular weight excluding hydrogens is 250 g/mol. The van der Waals surface area contributed by atoms with Crippen molar-refractivity contribution < 1.29 is 24.1 Å². The summed E-state index contributed by atoms with van der Waals surface area (Å²) in [6.07, 6.45) is 1.22. The summed E-state index contributed by atoms with van der Waals surface area (Å²) in [6.45, 7) is 5.39. The standard InChI is InChI=1S/C13H23NO5/c1-2-17-12(16)8-11(15)9-14-5-3-4-13(10-14)18-6-7-19-13/h11,15H,2-10H2,1H3. The molecule has 1 atom stereocenters. The van der Waals surface area contributed by atoms with E-state index in [-0.39, 0.29) is 12.4 Å². The fourth-order valence-electron chi connectivity index (χ4n) is 2.73. The molecule has 2 fully saturated rings. The van der Waals surface area contributed by atoms with Crippen molar-refractivity contribution in [3.63, 3.8) is 0 Å². The number of aliphatic hydroxyl groups excluding tert-OH is 1. The molecule has 110 valence electrons. The number of ether oxygens (including phenoxy) is 3. The van der Waals surface area contributed by atoms with Gasteiger partial charge in [0.1, 0.15) is 0 Å². The predicted octanol–water partition coefficient (Wildman–Crippen LogP) is 0.139. The Morgan fingerprint density at radius 2 is 2.21 bits per heavy atom. The second-order valence-corrected chi connectivity index (χ2v) is 5.11. The molecule has 2 heterocycles. The number of rotatable bonds is 5. The average Bonchev–Trinajstić information content (AvgIpc) is 2.77. The fraction of sp³-hybridized carbons (Fsp3) is 0.923. The molecule has 2 rings (SSSR count). The van der Waals surface area contributed by atoms with Gasteiger partial charge in [-0.2, -0.15) is 0 Å². The van der Waals surface area contributed by atoms with Crippen LogP contribution in [0.5, 0.6) is 0 Å². The van der Waals surface area contributed by atoms with Crippen LogP contribution >= 0.6 is 0 Å². The average molecular weight is 273 g/mol. The summed E-state index contributed by atoms with van der Waals surface area (Å²) in [4.78, 5) is 13.4. The number of hydrogen-bond donors (Lipinski definition) is 1. The number of esters is 1. The summed E-state index contributed by atoms with van der Waals surface area (Å²) >= 11 is 0. The molecule has 0 aromatic carbocycles. The molecule has 0 amide bonds. The molecule has 0 aromatic rings. The van der Waals surface area contributed by atoms with E-state index in [2.05, 4.69) is 4.90 Å². The Morgan fingerprint density at radius 3 is 2.89 bits per heavy atom. The molecule has 2 saturated heterocycles. The summed E-state index contributed by atoms with van der Waals surface area (Å²) < 4.78 is 16.2. The lowest BCUT2D eigenvalue weighted by molar-refractivity contribution is -0.191. The van der Waals surface area contributed by atoms with Crippen LogP contribution in [0.2, 0.25) is 0 Å². The molecule has 2 aliphatic rings. The fourth-order valence-corrected chi connectivity index (χ4v) is 2.73. The Kier molecular flexibility index (Phi) is 5.15. The number of nitrogens with zero attached hydrogens (tertiary/aromatic N) is 1. The molecule has 1 unspecified atom stereocenters. The zero-order chi connectivity index (χ0) is 13.7. The molecule has 6 nitrogen and oxygen atoms in total. The Balaban J connectivity index is 1.77.